The van der Waals surface area contributed by atoms with Gasteiger partial charge in [0.2, 0.25) is 5.91 Å². The topological polar surface area (TPSA) is 86.2 Å². The highest BCUT2D eigenvalue weighted by atomic mass is 32.2. The molecule has 0 radical (unpaired) electrons. The van der Waals surface area contributed by atoms with Crippen LogP contribution in [0.3, 0.4) is 0 Å². The Kier molecular flexibility index (Phi) is 3.47. The van der Waals surface area contributed by atoms with Gasteiger partial charge in [-0.25, -0.2) is 0 Å². The normalized spacial score (nSPS) is 11.3. The fraction of sp³-hybridized carbons (Fsp3) is 0.0667. The summed E-state index contributed by atoms with van der Waals surface area (Å²) in [7, 11) is 0. The summed E-state index contributed by atoms with van der Waals surface area (Å²) in [5, 5.41) is 16.9. The lowest BCUT2D eigenvalue weighted by molar-refractivity contribution is -0.115. The molecule has 2 N–H and O–H groups in total. The Morgan fingerprint density at radius 1 is 1.22 bits per heavy atom. The minimum absolute atomic E-state index is 0.192. The van der Waals surface area contributed by atoms with E-state index in [9.17, 15) is 4.79 Å². The van der Waals surface area contributed by atoms with Crippen LogP contribution in [0.4, 0.5) is 0 Å². The number of amides is 1. The van der Waals surface area contributed by atoms with Gasteiger partial charge in [-0.2, -0.15) is 9.61 Å². The van der Waals surface area contributed by atoms with Crippen molar-refractivity contribution >= 4 is 44.7 Å². The molecule has 3 heterocycles. The van der Waals surface area contributed by atoms with Gasteiger partial charge < -0.3 is 5.73 Å². The third-order valence-electron chi connectivity index (χ3n) is 3.32. The summed E-state index contributed by atoms with van der Waals surface area (Å²) in [6, 6.07) is 11.8. The van der Waals surface area contributed by atoms with Gasteiger partial charge in [0.05, 0.1) is 5.75 Å². The summed E-state index contributed by atoms with van der Waals surface area (Å²) >= 11 is 2.96. The van der Waals surface area contributed by atoms with Crippen molar-refractivity contribution in [1.82, 2.24) is 19.8 Å². The number of carbonyl (C=O) groups excluding carboxylic acids is 1. The molecule has 0 spiro atoms. The fourth-order valence-electron chi connectivity index (χ4n) is 2.31. The van der Waals surface area contributed by atoms with E-state index in [0.717, 1.165) is 10.9 Å². The van der Waals surface area contributed by atoms with Gasteiger partial charge in [-0.1, -0.05) is 30.0 Å². The molecule has 4 rings (SSSR count). The molecule has 4 aromatic rings. The summed E-state index contributed by atoms with van der Waals surface area (Å²) in [5.41, 5.74) is 6.85. The SMILES string of the molecule is NC(=O)CSc1ccc2nnc(-c3csc4ccccc34)n2n1. The number of nitrogens with zero attached hydrogens (tertiary/aromatic N) is 4. The first-order chi connectivity index (χ1) is 11.2. The molecule has 0 fully saturated rings. The predicted molar refractivity (Wildman–Crippen MR) is 91.5 cm³/mol. The average molecular weight is 341 g/mol. The summed E-state index contributed by atoms with van der Waals surface area (Å²) in [6.45, 7) is 0. The van der Waals surface area contributed by atoms with Crippen LogP contribution in [-0.2, 0) is 4.79 Å². The van der Waals surface area contributed by atoms with Gasteiger partial charge in [0.1, 0.15) is 5.03 Å². The Hall–Kier alpha value is -2.45. The molecule has 0 aliphatic rings. The van der Waals surface area contributed by atoms with Crippen molar-refractivity contribution in [3.8, 4) is 11.4 Å². The van der Waals surface area contributed by atoms with Crippen molar-refractivity contribution < 1.29 is 4.79 Å². The second-order valence-electron chi connectivity index (χ2n) is 4.87. The second-order valence-corrected chi connectivity index (χ2v) is 6.77. The number of hydrogen-bond acceptors (Lipinski definition) is 6. The van der Waals surface area contributed by atoms with Crippen molar-refractivity contribution in [3.63, 3.8) is 0 Å². The number of hydrogen-bond donors (Lipinski definition) is 1. The predicted octanol–water partition coefficient (Wildman–Crippen LogP) is 2.58. The highest BCUT2D eigenvalue weighted by Crippen LogP contribution is 2.32. The third kappa shape index (κ3) is 2.55. The molecule has 23 heavy (non-hydrogen) atoms. The number of benzene rings is 1. The van der Waals surface area contributed by atoms with E-state index in [4.69, 9.17) is 5.73 Å². The van der Waals surface area contributed by atoms with E-state index in [0.29, 0.717) is 16.5 Å². The molecule has 0 atom stereocenters. The number of aromatic nitrogens is 4. The Morgan fingerprint density at radius 2 is 2.09 bits per heavy atom. The molecule has 3 aromatic heterocycles. The third-order valence-corrected chi connectivity index (χ3v) is 5.23. The van der Waals surface area contributed by atoms with Crippen LogP contribution in [0, 0.1) is 0 Å². The zero-order valence-electron chi connectivity index (χ0n) is 11.8. The Balaban J connectivity index is 1.83. The Bertz CT molecular complexity index is 1020. The smallest absolute Gasteiger partial charge is 0.227 e. The monoisotopic (exact) mass is 341 g/mol. The van der Waals surface area contributed by atoms with Crippen LogP contribution >= 0.6 is 23.1 Å². The van der Waals surface area contributed by atoms with Gasteiger partial charge in [-0.3, -0.25) is 4.79 Å². The van der Waals surface area contributed by atoms with Crippen molar-refractivity contribution in [3.05, 3.63) is 41.8 Å². The summed E-state index contributed by atoms with van der Waals surface area (Å²) in [6.07, 6.45) is 0. The molecule has 0 aliphatic heterocycles. The van der Waals surface area contributed by atoms with Crippen LogP contribution in [0.15, 0.2) is 46.8 Å². The summed E-state index contributed by atoms with van der Waals surface area (Å²) in [4.78, 5) is 10.9. The van der Waals surface area contributed by atoms with E-state index in [1.54, 1.807) is 15.9 Å². The van der Waals surface area contributed by atoms with Gasteiger partial charge in [0, 0.05) is 21.0 Å². The molecule has 114 valence electrons. The van der Waals surface area contributed by atoms with Gasteiger partial charge in [0.25, 0.3) is 0 Å². The molecule has 0 saturated heterocycles. The minimum atomic E-state index is -0.371. The number of fused-ring (bicyclic) bond motifs is 2. The van der Waals surface area contributed by atoms with E-state index < -0.39 is 0 Å². The molecule has 1 aromatic carbocycles. The summed E-state index contributed by atoms with van der Waals surface area (Å²) < 4.78 is 2.90. The van der Waals surface area contributed by atoms with E-state index in [2.05, 4.69) is 32.8 Å². The maximum absolute atomic E-state index is 10.9. The van der Waals surface area contributed by atoms with Crippen molar-refractivity contribution in [2.75, 3.05) is 5.75 Å². The lowest BCUT2D eigenvalue weighted by Crippen LogP contribution is -2.13. The maximum atomic E-state index is 10.9. The van der Waals surface area contributed by atoms with E-state index in [1.165, 1.54) is 16.5 Å². The van der Waals surface area contributed by atoms with E-state index in [1.807, 2.05) is 24.3 Å². The zero-order chi connectivity index (χ0) is 15.8. The van der Waals surface area contributed by atoms with E-state index >= 15 is 0 Å². The first-order valence-electron chi connectivity index (χ1n) is 6.82. The summed E-state index contributed by atoms with van der Waals surface area (Å²) in [5.74, 6) is 0.515. The lowest BCUT2D eigenvalue weighted by atomic mass is 10.2. The molecule has 8 heteroatoms. The largest absolute Gasteiger partial charge is 0.369 e. The van der Waals surface area contributed by atoms with Crippen LogP contribution < -0.4 is 5.73 Å². The minimum Gasteiger partial charge on any atom is -0.369 e. The first-order valence-corrected chi connectivity index (χ1v) is 8.69. The lowest BCUT2D eigenvalue weighted by Gasteiger charge is -2.01. The van der Waals surface area contributed by atoms with Crippen LogP contribution in [0.5, 0.6) is 0 Å². The van der Waals surface area contributed by atoms with Crippen LogP contribution in [0.1, 0.15) is 0 Å². The molecule has 0 bridgehead atoms. The number of rotatable bonds is 4. The molecule has 6 nitrogen and oxygen atoms in total. The maximum Gasteiger partial charge on any atom is 0.227 e. The Labute approximate surface area is 139 Å². The quantitative estimate of drug-likeness (QED) is 0.577. The second kappa shape index (κ2) is 5.64. The molecule has 0 aliphatic carbocycles. The number of primary amides is 1. The van der Waals surface area contributed by atoms with Gasteiger partial charge >= 0.3 is 0 Å². The number of carbonyl (C=O) groups is 1. The number of nitrogens with two attached hydrogens (primary N) is 1. The van der Waals surface area contributed by atoms with Gasteiger partial charge in [-0.15, -0.1) is 21.5 Å². The van der Waals surface area contributed by atoms with Gasteiger partial charge in [-0.05, 0) is 18.2 Å². The fourth-order valence-corrected chi connectivity index (χ4v) is 3.85. The van der Waals surface area contributed by atoms with Crippen LogP contribution in [-0.4, -0.2) is 31.5 Å². The van der Waals surface area contributed by atoms with Crippen LogP contribution in [0.2, 0.25) is 0 Å². The number of thiophene rings is 1. The van der Waals surface area contributed by atoms with E-state index in [-0.39, 0.29) is 11.7 Å². The van der Waals surface area contributed by atoms with Gasteiger partial charge in [0.15, 0.2) is 11.5 Å². The molecule has 0 unspecified atom stereocenters. The average Bonchev–Trinajstić information content (AvgIpc) is 3.15. The molecule has 0 saturated carbocycles. The highest BCUT2D eigenvalue weighted by Gasteiger charge is 2.14. The first kappa shape index (κ1) is 14.2. The van der Waals surface area contributed by atoms with Crippen molar-refractivity contribution in [2.45, 2.75) is 5.03 Å². The molecular weight excluding hydrogens is 330 g/mol. The Morgan fingerprint density at radius 3 is 2.96 bits per heavy atom. The van der Waals surface area contributed by atoms with Crippen molar-refractivity contribution in [2.24, 2.45) is 5.73 Å². The number of thioether (sulfide) groups is 1. The highest BCUT2D eigenvalue weighted by molar-refractivity contribution is 7.99. The standard InChI is InChI=1S/C15H11N5OS2/c16-12(21)8-23-14-6-5-13-17-18-15(20(13)19-14)10-7-22-11-4-2-1-3-9(10)11/h1-7H,8H2,(H2,16,21). The van der Waals surface area contributed by atoms with Crippen LogP contribution in [0.25, 0.3) is 27.1 Å². The zero-order valence-corrected chi connectivity index (χ0v) is 13.5. The molecule has 1 amide bonds. The van der Waals surface area contributed by atoms with Crippen molar-refractivity contribution in [1.29, 1.82) is 0 Å². The molecular formula is C15H11N5OS2.